The van der Waals surface area contributed by atoms with Crippen molar-refractivity contribution < 1.29 is 17.9 Å². The van der Waals surface area contributed by atoms with Crippen LogP contribution in [0.25, 0.3) is 0 Å². The average molecular weight is 263 g/mol. The fourth-order valence-corrected chi connectivity index (χ4v) is 3.69. The minimum Gasteiger partial charge on any atom is -0.348 e. The predicted octanol–water partition coefficient (Wildman–Crippen LogP) is 0.954. The predicted molar refractivity (Wildman–Crippen MR) is 64.1 cm³/mol. The van der Waals surface area contributed by atoms with E-state index in [0.717, 1.165) is 25.7 Å². The van der Waals surface area contributed by atoms with Crippen molar-refractivity contribution >= 4 is 10.0 Å². The van der Waals surface area contributed by atoms with Gasteiger partial charge >= 0.3 is 0 Å². The third-order valence-corrected chi connectivity index (χ3v) is 5.75. The van der Waals surface area contributed by atoms with Gasteiger partial charge < -0.3 is 9.47 Å². The summed E-state index contributed by atoms with van der Waals surface area (Å²) in [7, 11) is -1.40. The van der Waals surface area contributed by atoms with E-state index < -0.39 is 15.8 Å². The number of hydrogen-bond donors (Lipinski definition) is 0. The molecule has 100 valence electrons. The van der Waals surface area contributed by atoms with E-state index in [2.05, 4.69) is 0 Å². The molecule has 0 N–H and O–H groups in total. The van der Waals surface area contributed by atoms with Crippen molar-refractivity contribution in [1.29, 1.82) is 0 Å². The Kier molecular flexibility index (Phi) is 3.77. The first-order valence-corrected chi connectivity index (χ1v) is 7.84. The lowest BCUT2D eigenvalue weighted by Crippen LogP contribution is -2.45. The molecule has 1 saturated heterocycles. The Bertz CT molecular complexity index is 352. The summed E-state index contributed by atoms with van der Waals surface area (Å²) >= 11 is 0. The lowest BCUT2D eigenvalue weighted by molar-refractivity contribution is -0.181. The van der Waals surface area contributed by atoms with Crippen LogP contribution < -0.4 is 0 Å². The summed E-state index contributed by atoms with van der Waals surface area (Å²) in [4.78, 5) is 0. The minimum atomic E-state index is -3.08. The summed E-state index contributed by atoms with van der Waals surface area (Å²) in [6.45, 7) is 3.00. The fraction of sp³-hybridized carbons (Fsp3) is 1.00. The standard InChI is InChI=1S/C11H21NO4S/c1-3-17(13,14)12(2)10-4-6-11(7-5-10)15-8-9-16-11/h10H,3-9H2,1-2H3. The van der Waals surface area contributed by atoms with E-state index >= 15 is 0 Å². The first-order valence-electron chi connectivity index (χ1n) is 6.23. The van der Waals surface area contributed by atoms with Gasteiger partial charge in [-0.05, 0) is 19.8 Å². The maximum absolute atomic E-state index is 11.8. The molecule has 2 aliphatic rings. The van der Waals surface area contributed by atoms with Gasteiger partial charge in [0.2, 0.25) is 10.0 Å². The second kappa shape index (κ2) is 4.84. The Hall–Kier alpha value is -0.170. The van der Waals surface area contributed by atoms with E-state index in [1.54, 1.807) is 14.0 Å². The SMILES string of the molecule is CCS(=O)(=O)N(C)C1CCC2(CC1)OCCO2. The highest BCUT2D eigenvalue weighted by atomic mass is 32.2. The molecule has 17 heavy (non-hydrogen) atoms. The largest absolute Gasteiger partial charge is 0.348 e. The van der Waals surface area contributed by atoms with Crippen LogP contribution in [-0.4, -0.2) is 50.6 Å². The van der Waals surface area contributed by atoms with Crippen LogP contribution in [0.2, 0.25) is 0 Å². The van der Waals surface area contributed by atoms with Crippen LogP contribution in [0, 0.1) is 0 Å². The molecule has 0 bridgehead atoms. The van der Waals surface area contributed by atoms with Crippen LogP contribution in [0.15, 0.2) is 0 Å². The van der Waals surface area contributed by atoms with Gasteiger partial charge in [-0.1, -0.05) is 0 Å². The zero-order chi connectivity index (χ0) is 12.5. The zero-order valence-electron chi connectivity index (χ0n) is 10.5. The second-order valence-electron chi connectivity index (χ2n) is 4.76. The number of ether oxygens (including phenoxy) is 2. The van der Waals surface area contributed by atoms with E-state index in [0.29, 0.717) is 13.2 Å². The van der Waals surface area contributed by atoms with Crippen molar-refractivity contribution in [3.63, 3.8) is 0 Å². The molecule has 5 nitrogen and oxygen atoms in total. The Morgan fingerprint density at radius 3 is 2.24 bits per heavy atom. The highest BCUT2D eigenvalue weighted by Crippen LogP contribution is 2.37. The summed E-state index contributed by atoms with van der Waals surface area (Å²) < 4.78 is 36.3. The molecule has 0 amide bonds. The lowest BCUT2D eigenvalue weighted by Gasteiger charge is -2.38. The molecule has 1 spiro atoms. The molecule has 1 aliphatic carbocycles. The number of sulfonamides is 1. The molecule has 0 aromatic rings. The second-order valence-corrected chi connectivity index (χ2v) is 7.07. The molecule has 0 unspecified atom stereocenters. The van der Waals surface area contributed by atoms with Gasteiger partial charge in [0.05, 0.1) is 19.0 Å². The fourth-order valence-electron chi connectivity index (χ4n) is 2.62. The molecule has 0 atom stereocenters. The molecule has 0 aromatic carbocycles. The summed E-state index contributed by atoms with van der Waals surface area (Å²) in [6.07, 6.45) is 3.22. The highest BCUT2D eigenvalue weighted by molar-refractivity contribution is 7.89. The normalized spacial score (nSPS) is 25.8. The van der Waals surface area contributed by atoms with E-state index in [1.807, 2.05) is 0 Å². The summed E-state index contributed by atoms with van der Waals surface area (Å²) in [5.41, 5.74) is 0. The summed E-state index contributed by atoms with van der Waals surface area (Å²) in [5, 5.41) is 0. The van der Waals surface area contributed by atoms with Gasteiger partial charge in [-0.25, -0.2) is 12.7 Å². The van der Waals surface area contributed by atoms with Crippen LogP contribution in [0.1, 0.15) is 32.6 Å². The average Bonchev–Trinajstić information content (AvgIpc) is 2.78. The molecule has 1 saturated carbocycles. The molecule has 1 heterocycles. The number of hydrogen-bond acceptors (Lipinski definition) is 4. The molecular weight excluding hydrogens is 242 g/mol. The van der Waals surface area contributed by atoms with Crippen LogP contribution >= 0.6 is 0 Å². The van der Waals surface area contributed by atoms with Gasteiger partial charge in [-0.15, -0.1) is 0 Å². The zero-order valence-corrected chi connectivity index (χ0v) is 11.3. The van der Waals surface area contributed by atoms with Crippen molar-refractivity contribution in [3.05, 3.63) is 0 Å². The third kappa shape index (κ3) is 2.65. The third-order valence-electron chi connectivity index (χ3n) is 3.85. The number of nitrogens with zero attached hydrogens (tertiary/aromatic N) is 1. The van der Waals surface area contributed by atoms with Gasteiger partial charge in [0, 0.05) is 25.9 Å². The topological polar surface area (TPSA) is 55.8 Å². The Morgan fingerprint density at radius 1 is 1.24 bits per heavy atom. The monoisotopic (exact) mass is 263 g/mol. The Balaban J connectivity index is 1.95. The first-order chi connectivity index (χ1) is 7.99. The smallest absolute Gasteiger partial charge is 0.213 e. The van der Waals surface area contributed by atoms with Crippen LogP contribution in [0.5, 0.6) is 0 Å². The van der Waals surface area contributed by atoms with Crippen molar-refractivity contribution in [2.75, 3.05) is 26.0 Å². The molecule has 2 fully saturated rings. The highest BCUT2D eigenvalue weighted by Gasteiger charge is 2.42. The molecule has 6 heteroatoms. The van der Waals surface area contributed by atoms with Gasteiger partial charge in [-0.3, -0.25) is 0 Å². The van der Waals surface area contributed by atoms with Gasteiger partial charge in [0.15, 0.2) is 5.79 Å². The van der Waals surface area contributed by atoms with E-state index in [9.17, 15) is 8.42 Å². The summed E-state index contributed by atoms with van der Waals surface area (Å²) in [5.74, 6) is -0.245. The summed E-state index contributed by atoms with van der Waals surface area (Å²) in [6, 6.07) is 0.0957. The van der Waals surface area contributed by atoms with Gasteiger partial charge in [0.1, 0.15) is 0 Å². The Labute approximate surface area is 103 Å². The first kappa shape index (κ1) is 13.3. The molecular formula is C11H21NO4S. The van der Waals surface area contributed by atoms with Crippen molar-refractivity contribution in [3.8, 4) is 0 Å². The molecule has 2 rings (SSSR count). The molecule has 0 aromatic heterocycles. The van der Waals surface area contributed by atoms with Gasteiger partial charge in [-0.2, -0.15) is 0 Å². The molecule has 1 aliphatic heterocycles. The van der Waals surface area contributed by atoms with Crippen molar-refractivity contribution in [1.82, 2.24) is 4.31 Å². The van der Waals surface area contributed by atoms with Crippen molar-refractivity contribution in [2.24, 2.45) is 0 Å². The van der Waals surface area contributed by atoms with E-state index in [1.165, 1.54) is 4.31 Å². The Morgan fingerprint density at radius 2 is 1.76 bits per heavy atom. The quantitative estimate of drug-likeness (QED) is 0.761. The van der Waals surface area contributed by atoms with E-state index in [4.69, 9.17) is 9.47 Å². The lowest BCUT2D eigenvalue weighted by atomic mass is 9.90. The van der Waals surface area contributed by atoms with Crippen LogP contribution in [0.4, 0.5) is 0 Å². The van der Waals surface area contributed by atoms with Crippen LogP contribution in [-0.2, 0) is 19.5 Å². The van der Waals surface area contributed by atoms with Crippen LogP contribution in [0.3, 0.4) is 0 Å². The van der Waals surface area contributed by atoms with Crippen molar-refractivity contribution in [2.45, 2.75) is 44.4 Å². The molecule has 0 radical (unpaired) electrons. The maximum atomic E-state index is 11.8. The van der Waals surface area contributed by atoms with Gasteiger partial charge in [0.25, 0.3) is 0 Å². The van der Waals surface area contributed by atoms with E-state index in [-0.39, 0.29) is 11.8 Å². The minimum absolute atomic E-state index is 0.0957. The maximum Gasteiger partial charge on any atom is 0.213 e. The number of rotatable bonds is 3.